The smallest absolute Gasteiger partial charge is 0.276 e. The molecule has 0 aliphatic heterocycles. The first-order chi connectivity index (χ1) is 9.28. The highest BCUT2D eigenvalue weighted by atomic mass is 16.5. The number of hydrogen-bond acceptors (Lipinski definition) is 6. The Morgan fingerprint density at radius 1 is 1.26 bits per heavy atom. The second kappa shape index (κ2) is 4.38. The molecule has 3 heterocycles. The summed E-state index contributed by atoms with van der Waals surface area (Å²) in [6.45, 7) is 1.82. The van der Waals surface area contributed by atoms with Gasteiger partial charge in [0, 0.05) is 6.20 Å². The number of rotatable bonds is 2. The summed E-state index contributed by atoms with van der Waals surface area (Å²) in [4.78, 5) is 8.35. The maximum atomic E-state index is 8.71. The standard InChI is InChI=1S/C13H8N4O2/c1-8-10(4-5-18-8)12-16-13(19-17-12)11-3-2-9(6-14)7-15-11/h2-5,7H,1H3. The van der Waals surface area contributed by atoms with E-state index >= 15 is 0 Å². The van der Waals surface area contributed by atoms with Gasteiger partial charge in [0.1, 0.15) is 17.5 Å². The van der Waals surface area contributed by atoms with E-state index in [1.807, 2.05) is 13.0 Å². The molecule has 6 heteroatoms. The van der Waals surface area contributed by atoms with E-state index < -0.39 is 0 Å². The number of nitriles is 1. The maximum absolute atomic E-state index is 8.71. The number of pyridine rings is 1. The van der Waals surface area contributed by atoms with Gasteiger partial charge >= 0.3 is 0 Å². The summed E-state index contributed by atoms with van der Waals surface area (Å²) < 4.78 is 10.3. The van der Waals surface area contributed by atoms with Crippen molar-refractivity contribution in [2.45, 2.75) is 6.92 Å². The maximum Gasteiger partial charge on any atom is 0.276 e. The SMILES string of the molecule is Cc1occc1-c1noc(-c2ccc(C#N)cn2)n1. The lowest BCUT2D eigenvalue weighted by Gasteiger charge is -1.92. The van der Waals surface area contributed by atoms with Crippen molar-refractivity contribution in [1.82, 2.24) is 15.1 Å². The first-order valence-corrected chi connectivity index (χ1v) is 5.52. The molecule has 3 aromatic heterocycles. The Kier molecular flexibility index (Phi) is 2.58. The van der Waals surface area contributed by atoms with E-state index in [0.29, 0.717) is 23.0 Å². The molecule has 0 aliphatic rings. The van der Waals surface area contributed by atoms with E-state index in [0.717, 1.165) is 11.3 Å². The molecule has 0 bridgehead atoms. The zero-order valence-corrected chi connectivity index (χ0v) is 9.99. The highest BCUT2D eigenvalue weighted by Gasteiger charge is 2.14. The van der Waals surface area contributed by atoms with Crippen LogP contribution in [0.4, 0.5) is 0 Å². The number of hydrogen-bond donors (Lipinski definition) is 0. The summed E-state index contributed by atoms with van der Waals surface area (Å²) in [6.07, 6.45) is 3.03. The van der Waals surface area contributed by atoms with Gasteiger partial charge in [-0.05, 0) is 25.1 Å². The van der Waals surface area contributed by atoms with Gasteiger partial charge in [-0.2, -0.15) is 10.2 Å². The minimum absolute atomic E-state index is 0.306. The van der Waals surface area contributed by atoms with Crippen LogP contribution >= 0.6 is 0 Å². The minimum Gasteiger partial charge on any atom is -0.469 e. The topological polar surface area (TPSA) is 88.7 Å². The molecule has 0 saturated heterocycles. The molecule has 0 aromatic carbocycles. The molecule has 3 rings (SSSR count). The monoisotopic (exact) mass is 252 g/mol. The predicted molar refractivity (Wildman–Crippen MR) is 64.7 cm³/mol. The molecule has 0 unspecified atom stereocenters. The van der Waals surface area contributed by atoms with Crippen molar-refractivity contribution in [3.63, 3.8) is 0 Å². The lowest BCUT2D eigenvalue weighted by atomic mass is 10.2. The molecule has 3 aromatic rings. The van der Waals surface area contributed by atoms with Crippen LogP contribution in [-0.4, -0.2) is 15.1 Å². The summed E-state index contributed by atoms with van der Waals surface area (Å²) in [5.74, 6) is 1.48. The minimum atomic E-state index is 0.306. The van der Waals surface area contributed by atoms with E-state index in [9.17, 15) is 0 Å². The average molecular weight is 252 g/mol. The lowest BCUT2D eigenvalue weighted by Crippen LogP contribution is -1.85. The van der Waals surface area contributed by atoms with Crippen LogP contribution in [0.3, 0.4) is 0 Å². The normalized spacial score (nSPS) is 10.3. The predicted octanol–water partition coefficient (Wildman–Crippen LogP) is 2.57. The zero-order chi connectivity index (χ0) is 13.2. The fraction of sp³-hybridized carbons (Fsp3) is 0.0769. The van der Waals surface area contributed by atoms with Crippen molar-refractivity contribution in [2.75, 3.05) is 0 Å². The fourth-order valence-electron chi connectivity index (χ4n) is 1.64. The first-order valence-electron chi connectivity index (χ1n) is 5.52. The third kappa shape index (κ3) is 1.98. The molecule has 0 aliphatic carbocycles. The average Bonchev–Trinajstić information content (AvgIpc) is 3.07. The van der Waals surface area contributed by atoms with Gasteiger partial charge in [-0.15, -0.1) is 0 Å². The Bertz CT molecular complexity index is 750. The molecular weight excluding hydrogens is 244 g/mol. The molecule has 0 fully saturated rings. The second-order valence-electron chi connectivity index (χ2n) is 3.86. The van der Waals surface area contributed by atoms with Gasteiger partial charge in [-0.1, -0.05) is 5.16 Å². The van der Waals surface area contributed by atoms with Crippen LogP contribution in [0.15, 0.2) is 39.6 Å². The van der Waals surface area contributed by atoms with Crippen LogP contribution in [-0.2, 0) is 0 Å². The van der Waals surface area contributed by atoms with Crippen LogP contribution in [0.25, 0.3) is 23.0 Å². The summed E-state index contributed by atoms with van der Waals surface area (Å²) in [5, 5.41) is 12.6. The van der Waals surface area contributed by atoms with Gasteiger partial charge in [0.15, 0.2) is 0 Å². The van der Waals surface area contributed by atoms with E-state index in [-0.39, 0.29) is 0 Å². The first kappa shape index (κ1) is 11.2. The molecule has 0 radical (unpaired) electrons. The largest absolute Gasteiger partial charge is 0.469 e. The molecule has 92 valence electrons. The van der Waals surface area contributed by atoms with Gasteiger partial charge in [0.25, 0.3) is 5.89 Å². The van der Waals surface area contributed by atoms with Crippen molar-refractivity contribution in [3.05, 3.63) is 42.0 Å². The lowest BCUT2D eigenvalue weighted by molar-refractivity contribution is 0.430. The van der Waals surface area contributed by atoms with Crippen LogP contribution < -0.4 is 0 Å². The molecule has 0 saturated carbocycles. The van der Waals surface area contributed by atoms with Gasteiger partial charge in [-0.3, -0.25) is 0 Å². The summed E-state index contributed by atoms with van der Waals surface area (Å²) in [5.41, 5.74) is 1.79. The summed E-state index contributed by atoms with van der Waals surface area (Å²) >= 11 is 0. The Labute approximate surface area is 108 Å². The Morgan fingerprint density at radius 3 is 2.79 bits per heavy atom. The summed E-state index contributed by atoms with van der Waals surface area (Å²) in [7, 11) is 0. The van der Waals surface area contributed by atoms with E-state index in [1.54, 1.807) is 24.5 Å². The van der Waals surface area contributed by atoms with Crippen molar-refractivity contribution in [3.8, 4) is 29.0 Å². The molecular formula is C13H8N4O2. The number of furan rings is 1. The third-order valence-corrected chi connectivity index (χ3v) is 2.64. The highest BCUT2D eigenvalue weighted by Crippen LogP contribution is 2.24. The molecule has 0 atom stereocenters. The van der Waals surface area contributed by atoms with Gasteiger partial charge < -0.3 is 8.94 Å². The van der Waals surface area contributed by atoms with E-state index in [4.69, 9.17) is 14.2 Å². The molecule has 0 amide bonds. The quantitative estimate of drug-likeness (QED) is 0.696. The molecule has 0 spiro atoms. The van der Waals surface area contributed by atoms with Crippen molar-refractivity contribution in [2.24, 2.45) is 0 Å². The Morgan fingerprint density at radius 2 is 2.16 bits per heavy atom. The van der Waals surface area contributed by atoms with Crippen molar-refractivity contribution >= 4 is 0 Å². The molecule has 19 heavy (non-hydrogen) atoms. The van der Waals surface area contributed by atoms with E-state index in [1.165, 1.54) is 6.20 Å². The molecule has 6 nitrogen and oxygen atoms in total. The van der Waals surface area contributed by atoms with E-state index in [2.05, 4.69) is 15.1 Å². The van der Waals surface area contributed by atoms with Gasteiger partial charge in [0.2, 0.25) is 5.82 Å². The zero-order valence-electron chi connectivity index (χ0n) is 9.99. The second-order valence-corrected chi connectivity index (χ2v) is 3.86. The van der Waals surface area contributed by atoms with Crippen LogP contribution in [0.5, 0.6) is 0 Å². The van der Waals surface area contributed by atoms with Crippen LogP contribution in [0, 0.1) is 18.3 Å². The third-order valence-electron chi connectivity index (χ3n) is 2.64. The molecule has 0 N–H and O–H groups in total. The fourth-order valence-corrected chi connectivity index (χ4v) is 1.64. The number of nitrogens with zero attached hydrogens (tertiary/aromatic N) is 4. The van der Waals surface area contributed by atoms with Gasteiger partial charge in [-0.25, -0.2) is 4.98 Å². The van der Waals surface area contributed by atoms with Crippen LogP contribution in [0.2, 0.25) is 0 Å². The van der Waals surface area contributed by atoms with Crippen LogP contribution in [0.1, 0.15) is 11.3 Å². The Hall–Kier alpha value is -2.94. The summed E-state index contributed by atoms with van der Waals surface area (Å²) in [6, 6.07) is 7.09. The number of aromatic nitrogens is 3. The van der Waals surface area contributed by atoms with Crippen molar-refractivity contribution < 1.29 is 8.94 Å². The Balaban J connectivity index is 1.97. The number of aryl methyl sites for hydroxylation is 1. The van der Waals surface area contributed by atoms with Gasteiger partial charge in [0.05, 0.1) is 17.4 Å². The van der Waals surface area contributed by atoms with Crippen molar-refractivity contribution in [1.29, 1.82) is 5.26 Å². The highest BCUT2D eigenvalue weighted by molar-refractivity contribution is 5.59.